The quantitative estimate of drug-likeness (QED) is 0.236. The van der Waals surface area contributed by atoms with Gasteiger partial charge in [0.25, 0.3) is 0 Å². The average molecular weight is 283 g/mol. The van der Waals surface area contributed by atoms with Crippen LogP contribution in [0, 0.1) is 30.6 Å². The van der Waals surface area contributed by atoms with Crippen molar-refractivity contribution in [2.75, 3.05) is 0 Å². The molecule has 16 heteroatoms. The predicted octanol–water partition coefficient (Wildman–Crippen LogP) is -5.96. The van der Waals surface area contributed by atoms with Crippen molar-refractivity contribution in [3.8, 4) is 0 Å². The van der Waals surface area contributed by atoms with Crippen LogP contribution in [0.4, 0.5) is 0 Å². The van der Waals surface area contributed by atoms with Crippen LogP contribution in [0.1, 0.15) is 2.85 Å². The van der Waals surface area contributed by atoms with Gasteiger partial charge in [0, 0.05) is 0 Å². The second-order valence-electron chi connectivity index (χ2n) is 0.447. The van der Waals surface area contributed by atoms with Gasteiger partial charge in [-0.2, -0.15) is 0 Å². The smallest absolute Gasteiger partial charge is 1.00 e. The van der Waals surface area contributed by atoms with Gasteiger partial charge in [-0.05, 0) is 0 Å². The van der Waals surface area contributed by atoms with Crippen LogP contribution >= 0.6 is 0 Å². The topological polar surface area (TPSA) is 321 Å². The average Bonchev–Trinajstić information content (AvgIpc) is 1.25. The Morgan fingerprint density at radius 1 is 0.562 bits per heavy atom. The molecule has 0 rings (SSSR count). The van der Waals surface area contributed by atoms with E-state index in [9.17, 15) is 0 Å². The van der Waals surface area contributed by atoms with Crippen molar-refractivity contribution in [3.05, 3.63) is 30.6 Å². The fourth-order valence-corrected chi connectivity index (χ4v) is 0. The van der Waals surface area contributed by atoms with Gasteiger partial charge in [-0.3, -0.25) is 0 Å². The summed E-state index contributed by atoms with van der Waals surface area (Å²) in [7, 11) is 0. The summed E-state index contributed by atoms with van der Waals surface area (Å²) < 4.78 is 0. The van der Waals surface area contributed by atoms with Gasteiger partial charge < -0.3 is 66.4 Å². The zero-order valence-electron chi connectivity index (χ0n) is 9.76. The molecule has 0 saturated heterocycles. The molecule has 14 nitrogen and oxygen atoms in total. The normalized spacial score (nSPS) is 3.00. The molecule has 12 N–H and O–H groups in total. The van der Waals surface area contributed by atoms with Gasteiger partial charge in [0.1, 0.15) is 0 Å². The fraction of sp³-hybridized carbons (Fsp3) is 0. The molecule has 0 heterocycles. The summed E-state index contributed by atoms with van der Waals surface area (Å²) in [4.78, 5) is 16.5. The first-order valence-electron chi connectivity index (χ1n) is 1.10. The number of rotatable bonds is 0. The first-order valence-corrected chi connectivity index (χ1v) is 1.10. The van der Waals surface area contributed by atoms with Crippen molar-refractivity contribution in [2.24, 2.45) is 0 Å². The first kappa shape index (κ1) is 105. The molecule has 0 bridgehead atoms. The van der Waals surface area contributed by atoms with Crippen LogP contribution in [0.15, 0.2) is 0 Å². The Morgan fingerprint density at radius 3 is 0.562 bits per heavy atom. The van der Waals surface area contributed by atoms with Crippen LogP contribution in [0.5, 0.6) is 0 Å². The Morgan fingerprint density at radius 2 is 0.562 bits per heavy atom. The SMILES string of the molecule is O.O.O.O.O.O.O=[N+]([O-])[O-].O=[N+]([O-])[O-].[H-].[H-].[Mg+2].[Mg+2]. The molecule has 0 aromatic heterocycles. The van der Waals surface area contributed by atoms with Gasteiger partial charge in [-0.15, -0.1) is 0 Å². The maximum absolute atomic E-state index is 8.25. The summed E-state index contributed by atoms with van der Waals surface area (Å²) >= 11 is 0. The molecule has 0 atom stereocenters. The maximum Gasteiger partial charge on any atom is 2.00 e. The zero-order valence-corrected chi connectivity index (χ0v) is 10.6. The molecule has 0 aromatic rings. The van der Waals surface area contributed by atoms with Crippen LogP contribution in [0.25, 0.3) is 0 Å². The van der Waals surface area contributed by atoms with Crippen LogP contribution < -0.4 is 0 Å². The van der Waals surface area contributed by atoms with Crippen LogP contribution in [0.3, 0.4) is 0 Å². The molecule has 0 aromatic carbocycles. The van der Waals surface area contributed by atoms with Crippen LogP contribution in [0.2, 0.25) is 0 Å². The Bertz CT molecular complexity index is 84.1. The second-order valence-corrected chi connectivity index (χ2v) is 0.447. The van der Waals surface area contributed by atoms with Crippen molar-refractivity contribution in [2.45, 2.75) is 0 Å². The van der Waals surface area contributed by atoms with E-state index in [0.717, 1.165) is 0 Å². The Balaban J connectivity index is -0.00000000257. The summed E-state index contributed by atoms with van der Waals surface area (Å²) in [5.74, 6) is 0. The summed E-state index contributed by atoms with van der Waals surface area (Å²) in [5, 5.41) is 29.5. The van der Waals surface area contributed by atoms with Crippen molar-refractivity contribution < 1.29 is 45.9 Å². The van der Waals surface area contributed by atoms with E-state index in [0.29, 0.717) is 0 Å². The minimum Gasteiger partial charge on any atom is -1.00 e. The van der Waals surface area contributed by atoms with Crippen LogP contribution in [-0.4, -0.2) is 89.1 Å². The second kappa shape index (κ2) is 85.0. The van der Waals surface area contributed by atoms with Gasteiger partial charge in [-0.1, -0.05) is 0 Å². The summed E-state index contributed by atoms with van der Waals surface area (Å²) in [6.07, 6.45) is 0. The van der Waals surface area contributed by atoms with Gasteiger partial charge in [0.2, 0.25) is 0 Å². The molecule has 0 spiro atoms. The van der Waals surface area contributed by atoms with E-state index >= 15 is 0 Å². The zero-order chi connectivity index (χ0) is 7.15. The van der Waals surface area contributed by atoms with Gasteiger partial charge in [0.05, 0.1) is 10.2 Å². The summed E-state index contributed by atoms with van der Waals surface area (Å²) in [5.41, 5.74) is 0. The number of nitrogens with zero attached hydrogens (tertiary/aromatic N) is 2. The first-order chi connectivity index (χ1) is 3.46. The predicted molar refractivity (Wildman–Crippen MR) is 56.1 cm³/mol. The molecule has 0 aliphatic heterocycles. The van der Waals surface area contributed by atoms with Gasteiger partial charge in [-0.25, -0.2) is 0 Å². The van der Waals surface area contributed by atoms with Crippen molar-refractivity contribution in [3.63, 3.8) is 0 Å². The van der Waals surface area contributed by atoms with Gasteiger partial charge >= 0.3 is 46.1 Å². The molecule has 0 aliphatic carbocycles. The molecule has 0 fully saturated rings. The maximum atomic E-state index is 8.25. The number of hydrogen-bond donors (Lipinski definition) is 0. The van der Waals surface area contributed by atoms with E-state index in [-0.39, 0.29) is 81.8 Å². The molecule has 0 unspecified atom stereocenters. The van der Waals surface area contributed by atoms with Crippen LogP contribution in [-0.2, 0) is 0 Å². The molecular formula is H14Mg2N2O12. The number of hydrogen-bond acceptors (Lipinski definition) is 6. The standard InChI is InChI=1S/2Mg.2NO3.6H2O.2H/c;;2*2-1(3)4;;;;;;;;/h;;;;6*1H2;;/q2*+2;2*-1;;;;;;;2*-1. The fourth-order valence-electron chi connectivity index (χ4n) is 0. The largest absolute Gasteiger partial charge is 2.00 e. The van der Waals surface area contributed by atoms with E-state index in [1.807, 2.05) is 0 Å². The Labute approximate surface area is 123 Å². The minimum absolute atomic E-state index is 0. The molecule has 100 valence electrons. The van der Waals surface area contributed by atoms with E-state index < -0.39 is 10.2 Å². The van der Waals surface area contributed by atoms with E-state index in [1.165, 1.54) is 0 Å². The molecule has 0 saturated carbocycles. The Hall–Kier alpha value is -0.308. The molecular weight excluding hydrogens is 269 g/mol. The minimum atomic E-state index is -1.75. The van der Waals surface area contributed by atoms with Gasteiger partial charge in [0.15, 0.2) is 0 Å². The van der Waals surface area contributed by atoms with Crippen molar-refractivity contribution in [1.29, 1.82) is 0 Å². The van der Waals surface area contributed by atoms with E-state index in [4.69, 9.17) is 30.6 Å². The van der Waals surface area contributed by atoms with E-state index in [1.54, 1.807) is 0 Å². The van der Waals surface area contributed by atoms with Crippen molar-refractivity contribution >= 4 is 46.1 Å². The summed E-state index contributed by atoms with van der Waals surface area (Å²) in [6.45, 7) is 0. The molecule has 16 heavy (non-hydrogen) atoms. The third-order valence-electron chi connectivity index (χ3n) is 0. The third kappa shape index (κ3) is 23300. The van der Waals surface area contributed by atoms with E-state index in [2.05, 4.69) is 0 Å². The molecule has 0 radical (unpaired) electrons. The summed E-state index contributed by atoms with van der Waals surface area (Å²) in [6, 6.07) is 0. The molecule has 0 aliphatic rings. The third-order valence-corrected chi connectivity index (χ3v) is 0. The van der Waals surface area contributed by atoms with Crippen molar-refractivity contribution in [1.82, 2.24) is 0 Å². The monoisotopic (exact) mass is 282 g/mol. The Kier molecular flexibility index (Phi) is 555. The molecule has 0 amide bonds.